The zero-order valence-electron chi connectivity index (χ0n) is 20.4. The number of sulfonamides is 1. The fourth-order valence-corrected chi connectivity index (χ4v) is 6.30. The Morgan fingerprint density at radius 2 is 1.46 bits per heavy atom. The molecule has 2 aliphatic rings. The normalized spacial score (nSPS) is 19.1. The second-order valence-corrected chi connectivity index (χ2v) is 13.2. The summed E-state index contributed by atoms with van der Waals surface area (Å²) in [5, 5.41) is 12.5. The molecule has 39 heavy (non-hydrogen) atoms. The smallest absolute Gasteiger partial charge is 0.248 e. The average Bonchev–Trinajstić information content (AvgIpc) is 3.31. The number of hydrogen-bond donors (Lipinski definition) is 2. The summed E-state index contributed by atoms with van der Waals surface area (Å²) in [6.45, 7) is 0.332. The van der Waals surface area contributed by atoms with E-state index in [1.165, 1.54) is 29.3 Å². The minimum Gasteiger partial charge on any atom is -0.248 e. The van der Waals surface area contributed by atoms with Gasteiger partial charge in [0.2, 0.25) is 5.96 Å². The van der Waals surface area contributed by atoms with Crippen molar-refractivity contribution in [3.05, 3.63) is 100 Å². The van der Waals surface area contributed by atoms with E-state index in [9.17, 15) is 16.8 Å². The molecule has 0 spiro atoms. The fourth-order valence-electron chi connectivity index (χ4n) is 4.28. The van der Waals surface area contributed by atoms with Gasteiger partial charge in [-0.25, -0.2) is 28.3 Å². The second kappa shape index (κ2) is 10.9. The lowest BCUT2D eigenvalue weighted by molar-refractivity contribution is 0.264. The minimum absolute atomic E-state index is 0.0138. The highest BCUT2D eigenvalue weighted by Gasteiger charge is 2.37. The van der Waals surface area contributed by atoms with Crippen LogP contribution < -0.4 is 9.86 Å². The van der Waals surface area contributed by atoms with Crippen molar-refractivity contribution in [3.8, 4) is 0 Å². The third kappa shape index (κ3) is 6.26. The minimum atomic E-state index is -4.08. The van der Waals surface area contributed by atoms with E-state index in [1.807, 2.05) is 42.5 Å². The largest absolute Gasteiger partial charge is 0.277 e. The van der Waals surface area contributed by atoms with E-state index in [0.717, 1.165) is 15.4 Å². The van der Waals surface area contributed by atoms with Gasteiger partial charge >= 0.3 is 0 Å². The van der Waals surface area contributed by atoms with E-state index in [1.54, 1.807) is 12.1 Å². The molecule has 0 unspecified atom stereocenters. The number of guanidine groups is 1. The molecular weight excluding hydrogens is 583 g/mol. The van der Waals surface area contributed by atoms with Gasteiger partial charge < -0.3 is 0 Å². The molecule has 10 nitrogen and oxygen atoms in total. The first kappa shape index (κ1) is 27.6. The summed E-state index contributed by atoms with van der Waals surface area (Å²) in [5.74, 6) is -0.242. The van der Waals surface area contributed by atoms with E-state index in [2.05, 4.69) is 9.71 Å². The van der Waals surface area contributed by atoms with E-state index in [0.29, 0.717) is 15.8 Å². The molecule has 1 atom stereocenters. The maximum absolute atomic E-state index is 13.3. The van der Waals surface area contributed by atoms with Crippen LogP contribution in [0, 0.1) is 0 Å². The Balaban J connectivity index is 1.53. The van der Waals surface area contributed by atoms with Gasteiger partial charge in [0, 0.05) is 29.1 Å². The van der Waals surface area contributed by atoms with Gasteiger partial charge in [-0.2, -0.15) is 17.8 Å². The number of rotatable bonds is 6. The third-order valence-corrected chi connectivity index (χ3v) is 9.21. The van der Waals surface area contributed by atoms with Gasteiger partial charge in [-0.15, -0.1) is 0 Å². The van der Waals surface area contributed by atoms with Gasteiger partial charge in [0.15, 0.2) is 0 Å². The van der Waals surface area contributed by atoms with Crippen LogP contribution in [0.1, 0.15) is 17.0 Å². The lowest BCUT2D eigenvalue weighted by atomic mass is 9.91. The van der Waals surface area contributed by atoms with Crippen molar-refractivity contribution in [1.82, 2.24) is 14.0 Å². The van der Waals surface area contributed by atoms with E-state index in [-0.39, 0.29) is 36.4 Å². The molecule has 2 heterocycles. The molecular formula is C25H24Cl2N6O4S2. The second-order valence-electron chi connectivity index (χ2n) is 9.07. The molecule has 0 amide bonds. The van der Waals surface area contributed by atoms with Gasteiger partial charge in [-0.1, -0.05) is 65.7 Å². The summed E-state index contributed by atoms with van der Waals surface area (Å²) in [7, 11) is -7.95. The summed E-state index contributed by atoms with van der Waals surface area (Å²) in [6, 6.07) is 22.1. The van der Waals surface area contributed by atoms with Crippen LogP contribution >= 0.6 is 23.2 Å². The topological polar surface area (TPSA) is 138 Å². The van der Waals surface area contributed by atoms with Gasteiger partial charge in [-0.3, -0.25) is 0 Å². The molecule has 0 saturated carbocycles. The lowest BCUT2D eigenvalue weighted by Gasteiger charge is -2.34. The van der Waals surface area contributed by atoms with E-state index < -0.39 is 26.3 Å². The number of nitrogens with two attached hydrogens (primary N) is 1. The predicted molar refractivity (Wildman–Crippen MR) is 152 cm³/mol. The number of hydrazone groups is 1. The molecule has 0 aromatic heterocycles. The van der Waals surface area contributed by atoms with E-state index >= 15 is 0 Å². The van der Waals surface area contributed by atoms with Crippen molar-refractivity contribution in [2.75, 3.05) is 19.6 Å². The highest BCUT2D eigenvalue weighted by atomic mass is 35.5. The molecule has 1 saturated heterocycles. The van der Waals surface area contributed by atoms with E-state index in [4.69, 9.17) is 33.4 Å². The summed E-state index contributed by atoms with van der Waals surface area (Å²) in [4.78, 5) is 4.55. The monoisotopic (exact) mass is 606 g/mol. The maximum Gasteiger partial charge on any atom is 0.277 e. The Hall–Kier alpha value is -3.00. The quantitative estimate of drug-likeness (QED) is 0.328. The number of nitrogens with zero attached hydrogens (tertiary/aromatic N) is 4. The molecule has 0 aliphatic carbocycles. The molecule has 0 bridgehead atoms. The summed E-state index contributed by atoms with van der Waals surface area (Å²) in [6.07, 6.45) is 0. The van der Waals surface area contributed by atoms with Crippen molar-refractivity contribution in [2.45, 2.75) is 16.9 Å². The third-order valence-electron chi connectivity index (χ3n) is 6.34. The van der Waals surface area contributed by atoms with Crippen molar-refractivity contribution >= 4 is 55.1 Å². The van der Waals surface area contributed by atoms with Gasteiger partial charge in [0.05, 0.1) is 23.2 Å². The number of benzene rings is 3. The van der Waals surface area contributed by atoms with Crippen LogP contribution in [0.3, 0.4) is 0 Å². The molecule has 3 aromatic rings. The molecule has 2 aliphatic heterocycles. The Labute approximate surface area is 237 Å². The highest BCUT2D eigenvalue weighted by molar-refractivity contribution is 7.90. The molecule has 3 N–H and O–H groups in total. The van der Waals surface area contributed by atoms with Gasteiger partial charge in [0.1, 0.15) is 0 Å². The van der Waals surface area contributed by atoms with Crippen LogP contribution in [0.15, 0.2) is 93.9 Å². The van der Waals surface area contributed by atoms with Crippen molar-refractivity contribution in [2.24, 2.45) is 15.2 Å². The molecule has 14 heteroatoms. The molecule has 1 fully saturated rings. The molecule has 3 aromatic carbocycles. The Morgan fingerprint density at radius 3 is 2.05 bits per heavy atom. The van der Waals surface area contributed by atoms with Crippen LogP contribution in [0.4, 0.5) is 0 Å². The lowest BCUT2D eigenvalue weighted by Crippen LogP contribution is -2.56. The number of halogens is 2. The molecule has 204 valence electrons. The summed E-state index contributed by atoms with van der Waals surface area (Å²) < 4.78 is 53.6. The molecule has 5 rings (SSSR count). The van der Waals surface area contributed by atoms with Crippen LogP contribution in [-0.4, -0.2) is 63.5 Å². The summed E-state index contributed by atoms with van der Waals surface area (Å²) in [5.41, 5.74) is 2.51. The Morgan fingerprint density at radius 1 is 0.872 bits per heavy atom. The van der Waals surface area contributed by atoms with Crippen LogP contribution in [0.2, 0.25) is 10.0 Å². The first-order valence-corrected chi connectivity index (χ1v) is 15.5. The first-order valence-electron chi connectivity index (χ1n) is 11.8. The predicted octanol–water partition coefficient (Wildman–Crippen LogP) is 3.02. The standard InChI is InChI=1S/C25H24Cl2N6O4S2/c26-19-8-6-18(7-9-19)24-23(17-4-2-1-3-5-17)16-33(30-24)25(29-21-14-32(15-21)39(28,36)37)31-38(34,35)22-12-10-20(27)11-13-22/h1-13,21,23H,14-16H2,(H,29,31)(H2,28,36,37)/t23-/m1/s1. The van der Waals surface area contributed by atoms with Crippen LogP contribution in [0.5, 0.6) is 0 Å². The van der Waals surface area contributed by atoms with Crippen LogP contribution in [0.25, 0.3) is 0 Å². The zero-order chi connectivity index (χ0) is 27.8. The maximum atomic E-state index is 13.3. The summed E-state index contributed by atoms with van der Waals surface area (Å²) >= 11 is 12.0. The Kier molecular flexibility index (Phi) is 7.68. The van der Waals surface area contributed by atoms with Crippen molar-refractivity contribution in [3.63, 3.8) is 0 Å². The number of hydrogen-bond acceptors (Lipinski definition) is 6. The van der Waals surface area contributed by atoms with Crippen LogP contribution in [-0.2, 0) is 20.2 Å². The first-order chi connectivity index (χ1) is 18.5. The van der Waals surface area contributed by atoms with Crippen molar-refractivity contribution < 1.29 is 16.8 Å². The Bertz CT molecular complexity index is 1630. The average molecular weight is 608 g/mol. The highest BCUT2D eigenvalue weighted by Crippen LogP contribution is 2.30. The number of nitrogens with one attached hydrogen (secondary N) is 1. The zero-order valence-corrected chi connectivity index (χ0v) is 23.5. The molecule has 0 radical (unpaired) electrons. The van der Waals surface area contributed by atoms with Crippen molar-refractivity contribution in [1.29, 1.82) is 0 Å². The van der Waals surface area contributed by atoms with Gasteiger partial charge in [0.25, 0.3) is 20.2 Å². The number of aliphatic imine (C=N–C) groups is 1. The fraction of sp³-hybridized carbons (Fsp3) is 0.200. The SMILES string of the molecule is NS(=O)(=O)N1CC(/N=C(/NS(=O)(=O)c2ccc(Cl)cc2)N2C[C@H](c3ccccc3)C(c3ccc(Cl)cc3)=N2)C1. The van der Waals surface area contributed by atoms with Gasteiger partial charge in [-0.05, 0) is 47.5 Å².